The Kier molecular flexibility index (Phi) is 5.40. The molecule has 1 unspecified atom stereocenters. The van der Waals surface area contributed by atoms with Gasteiger partial charge < -0.3 is 4.74 Å². The summed E-state index contributed by atoms with van der Waals surface area (Å²) in [6.07, 6.45) is 0. The quantitative estimate of drug-likeness (QED) is 0.832. The molecule has 1 atom stereocenters. The van der Waals surface area contributed by atoms with Crippen LogP contribution in [-0.4, -0.2) is 16.1 Å². The first-order valence-corrected chi connectivity index (χ1v) is 7.55. The van der Waals surface area contributed by atoms with Gasteiger partial charge in [0, 0.05) is 10.1 Å². The van der Waals surface area contributed by atoms with Gasteiger partial charge in [-0.2, -0.15) is 0 Å². The molecule has 1 rings (SSSR count). The van der Waals surface area contributed by atoms with Crippen LogP contribution < -0.4 is 9.46 Å². The standard InChI is InChI=1S/C12H18INO2S/c1-12(2,3)17(15)14-8-9-7-10(16-4)5-6-11(9)13/h5-7,14H,8H2,1-4H3. The van der Waals surface area contributed by atoms with Crippen molar-refractivity contribution in [3.05, 3.63) is 27.3 Å². The molecule has 0 bridgehead atoms. The summed E-state index contributed by atoms with van der Waals surface area (Å²) < 4.78 is 21.0. The van der Waals surface area contributed by atoms with Gasteiger partial charge in [-0.15, -0.1) is 0 Å². The lowest BCUT2D eigenvalue weighted by molar-refractivity contribution is 0.414. The number of nitrogens with one attached hydrogen (secondary N) is 1. The monoisotopic (exact) mass is 367 g/mol. The van der Waals surface area contributed by atoms with Crippen LogP contribution in [-0.2, 0) is 17.5 Å². The fourth-order valence-corrected chi connectivity index (χ4v) is 2.42. The molecule has 0 saturated heterocycles. The fraction of sp³-hybridized carbons (Fsp3) is 0.500. The number of hydrogen-bond acceptors (Lipinski definition) is 2. The van der Waals surface area contributed by atoms with Gasteiger partial charge in [-0.1, -0.05) is 0 Å². The molecule has 0 aliphatic carbocycles. The highest BCUT2D eigenvalue weighted by Crippen LogP contribution is 2.19. The predicted octanol–water partition coefficient (Wildman–Crippen LogP) is 2.85. The number of ether oxygens (including phenoxy) is 1. The van der Waals surface area contributed by atoms with Gasteiger partial charge in [0.05, 0.1) is 22.8 Å². The lowest BCUT2D eigenvalue weighted by Gasteiger charge is -2.18. The molecule has 1 aromatic rings. The van der Waals surface area contributed by atoms with Crippen LogP contribution in [0.25, 0.3) is 0 Å². The Morgan fingerprint density at radius 2 is 2.06 bits per heavy atom. The van der Waals surface area contributed by atoms with Crippen LogP contribution >= 0.6 is 22.6 Å². The van der Waals surface area contributed by atoms with Crippen LogP contribution in [0.3, 0.4) is 0 Å². The van der Waals surface area contributed by atoms with Gasteiger partial charge in [0.25, 0.3) is 0 Å². The van der Waals surface area contributed by atoms with E-state index in [9.17, 15) is 4.21 Å². The SMILES string of the molecule is COc1ccc(I)c(CNS(=O)C(C)(C)C)c1. The maximum absolute atomic E-state index is 11.9. The first-order valence-electron chi connectivity index (χ1n) is 5.32. The minimum atomic E-state index is -1.05. The summed E-state index contributed by atoms with van der Waals surface area (Å²) in [5.74, 6) is 0.823. The largest absolute Gasteiger partial charge is 0.497 e. The number of benzene rings is 1. The van der Waals surface area contributed by atoms with Crippen LogP contribution in [0.4, 0.5) is 0 Å². The molecule has 0 aliphatic heterocycles. The van der Waals surface area contributed by atoms with E-state index in [1.165, 1.54) is 0 Å². The summed E-state index contributed by atoms with van der Waals surface area (Å²) in [4.78, 5) is 0. The van der Waals surface area contributed by atoms with Crippen molar-refractivity contribution in [2.45, 2.75) is 32.1 Å². The summed E-state index contributed by atoms with van der Waals surface area (Å²) in [6.45, 7) is 6.44. The van der Waals surface area contributed by atoms with Crippen molar-refractivity contribution in [3.63, 3.8) is 0 Å². The molecule has 0 amide bonds. The van der Waals surface area contributed by atoms with Crippen LogP contribution in [0, 0.1) is 3.57 Å². The van der Waals surface area contributed by atoms with Gasteiger partial charge >= 0.3 is 0 Å². The van der Waals surface area contributed by atoms with E-state index in [4.69, 9.17) is 4.74 Å². The van der Waals surface area contributed by atoms with Gasteiger partial charge in [-0.25, -0.2) is 8.93 Å². The number of rotatable bonds is 4. The van der Waals surface area contributed by atoms with E-state index in [0.717, 1.165) is 14.9 Å². The Hall–Kier alpha value is -0.140. The van der Waals surface area contributed by atoms with Crippen molar-refractivity contribution < 1.29 is 8.95 Å². The highest BCUT2D eigenvalue weighted by molar-refractivity contribution is 14.1. The third-order valence-corrected chi connectivity index (χ3v) is 4.77. The van der Waals surface area contributed by atoms with Crippen molar-refractivity contribution in [1.29, 1.82) is 0 Å². The predicted molar refractivity (Wildman–Crippen MR) is 80.4 cm³/mol. The third kappa shape index (κ3) is 4.56. The first-order chi connectivity index (χ1) is 7.84. The van der Waals surface area contributed by atoms with Crippen molar-refractivity contribution in [2.24, 2.45) is 0 Å². The molecule has 1 N–H and O–H groups in total. The Labute approximate surface area is 119 Å². The molecule has 5 heteroatoms. The second kappa shape index (κ2) is 6.15. The van der Waals surface area contributed by atoms with Gasteiger partial charge in [0.1, 0.15) is 5.75 Å². The van der Waals surface area contributed by atoms with E-state index in [2.05, 4.69) is 27.3 Å². The topological polar surface area (TPSA) is 38.3 Å². The molecular formula is C12H18INO2S. The summed E-state index contributed by atoms with van der Waals surface area (Å²) >= 11 is 2.27. The fourth-order valence-electron chi connectivity index (χ4n) is 1.17. The summed E-state index contributed by atoms with van der Waals surface area (Å²) in [5, 5.41) is 0. The number of halogens is 1. The molecular weight excluding hydrogens is 349 g/mol. The van der Waals surface area contributed by atoms with E-state index in [0.29, 0.717) is 6.54 Å². The maximum Gasteiger partial charge on any atom is 0.119 e. The normalized spacial score (nSPS) is 13.5. The zero-order chi connectivity index (χ0) is 13.1. The Balaban J connectivity index is 2.72. The molecule has 0 radical (unpaired) electrons. The first kappa shape index (κ1) is 14.9. The van der Waals surface area contributed by atoms with Gasteiger partial charge in [0.15, 0.2) is 0 Å². The minimum Gasteiger partial charge on any atom is -0.497 e. The van der Waals surface area contributed by atoms with Crippen molar-refractivity contribution >= 4 is 33.6 Å². The lowest BCUT2D eigenvalue weighted by atomic mass is 10.2. The van der Waals surface area contributed by atoms with Crippen molar-refractivity contribution in [2.75, 3.05) is 7.11 Å². The molecule has 0 fully saturated rings. The van der Waals surface area contributed by atoms with E-state index in [-0.39, 0.29) is 4.75 Å². The average Bonchev–Trinajstić information content (AvgIpc) is 2.26. The lowest BCUT2D eigenvalue weighted by Crippen LogP contribution is -2.33. The molecule has 0 spiro atoms. The van der Waals surface area contributed by atoms with E-state index < -0.39 is 11.0 Å². The Morgan fingerprint density at radius 1 is 1.41 bits per heavy atom. The van der Waals surface area contributed by atoms with Crippen LogP contribution in [0.15, 0.2) is 18.2 Å². The maximum atomic E-state index is 11.9. The van der Waals surface area contributed by atoms with Gasteiger partial charge in [0.2, 0.25) is 0 Å². The second-order valence-electron chi connectivity index (χ2n) is 4.66. The smallest absolute Gasteiger partial charge is 0.119 e. The Bertz CT molecular complexity index is 415. The zero-order valence-electron chi connectivity index (χ0n) is 10.5. The number of methoxy groups -OCH3 is 1. The third-order valence-electron chi connectivity index (χ3n) is 2.20. The second-order valence-corrected chi connectivity index (χ2v) is 7.87. The molecule has 0 heterocycles. The average molecular weight is 367 g/mol. The van der Waals surface area contributed by atoms with Gasteiger partial charge in [-0.05, 0) is 67.1 Å². The van der Waals surface area contributed by atoms with E-state index in [1.807, 2.05) is 39.0 Å². The van der Waals surface area contributed by atoms with Crippen molar-refractivity contribution in [3.8, 4) is 5.75 Å². The summed E-state index contributed by atoms with van der Waals surface area (Å²) in [5.41, 5.74) is 1.10. The molecule has 0 aliphatic rings. The van der Waals surface area contributed by atoms with E-state index in [1.54, 1.807) is 7.11 Å². The molecule has 0 saturated carbocycles. The minimum absolute atomic E-state index is 0.246. The highest BCUT2D eigenvalue weighted by atomic mass is 127. The molecule has 0 aromatic heterocycles. The highest BCUT2D eigenvalue weighted by Gasteiger charge is 2.19. The van der Waals surface area contributed by atoms with Crippen LogP contribution in [0.1, 0.15) is 26.3 Å². The van der Waals surface area contributed by atoms with Crippen LogP contribution in [0.5, 0.6) is 5.75 Å². The van der Waals surface area contributed by atoms with Crippen molar-refractivity contribution in [1.82, 2.24) is 4.72 Å². The molecule has 1 aromatic carbocycles. The molecule has 3 nitrogen and oxygen atoms in total. The summed E-state index contributed by atoms with van der Waals surface area (Å²) in [6, 6.07) is 5.89. The Morgan fingerprint density at radius 3 is 2.59 bits per heavy atom. The van der Waals surface area contributed by atoms with E-state index >= 15 is 0 Å². The molecule has 17 heavy (non-hydrogen) atoms. The molecule has 96 valence electrons. The number of hydrogen-bond donors (Lipinski definition) is 1. The zero-order valence-corrected chi connectivity index (χ0v) is 13.5. The summed E-state index contributed by atoms with van der Waals surface area (Å²) in [7, 11) is 0.597. The van der Waals surface area contributed by atoms with Gasteiger partial charge in [-0.3, -0.25) is 0 Å². The van der Waals surface area contributed by atoms with Crippen LogP contribution in [0.2, 0.25) is 0 Å².